The quantitative estimate of drug-likeness (QED) is 0.365. The Morgan fingerprint density at radius 2 is 2.14 bits per heavy atom. The van der Waals surface area contributed by atoms with Crippen LogP contribution in [0.5, 0.6) is 0 Å². The molecule has 0 fully saturated rings. The standard InChI is InChI=1S/C6H2F3IN2O2/c7-5(8)4-2(10)1-3(12(13)14)6(9)11-4/h1,5H. The van der Waals surface area contributed by atoms with Crippen LogP contribution in [0.4, 0.5) is 18.9 Å². The number of hydrogen-bond acceptors (Lipinski definition) is 3. The predicted molar refractivity (Wildman–Crippen MR) is 48.5 cm³/mol. The van der Waals surface area contributed by atoms with Crippen molar-refractivity contribution in [3.63, 3.8) is 0 Å². The maximum atomic E-state index is 12.8. The lowest BCUT2D eigenvalue weighted by Crippen LogP contribution is -2.02. The molecule has 0 aromatic carbocycles. The number of aromatic nitrogens is 1. The maximum absolute atomic E-state index is 12.8. The van der Waals surface area contributed by atoms with Crippen molar-refractivity contribution in [2.75, 3.05) is 0 Å². The van der Waals surface area contributed by atoms with Gasteiger partial charge in [0.15, 0.2) is 0 Å². The SMILES string of the molecule is O=[N+]([O-])c1cc(I)c(C(F)F)nc1F. The Bertz CT molecular complexity index is 386. The fraction of sp³-hybridized carbons (Fsp3) is 0.167. The molecule has 1 aromatic rings. The van der Waals surface area contributed by atoms with Crippen molar-refractivity contribution in [1.82, 2.24) is 4.98 Å². The third-order valence-corrected chi connectivity index (χ3v) is 2.21. The zero-order chi connectivity index (χ0) is 10.9. The van der Waals surface area contributed by atoms with Crippen LogP contribution in [-0.4, -0.2) is 9.91 Å². The molecule has 0 aliphatic carbocycles. The Balaban J connectivity index is 3.31. The Morgan fingerprint density at radius 3 is 2.57 bits per heavy atom. The Kier molecular flexibility index (Phi) is 3.24. The van der Waals surface area contributed by atoms with Crippen molar-refractivity contribution in [1.29, 1.82) is 0 Å². The molecule has 1 heterocycles. The minimum absolute atomic E-state index is 0.134. The first-order valence-corrected chi connectivity index (χ1v) is 4.30. The molecule has 0 amide bonds. The van der Waals surface area contributed by atoms with Crippen LogP contribution in [-0.2, 0) is 0 Å². The topological polar surface area (TPSA) is 56.0 Å². The predicted octanol–water partition coefficient (Wildman–Crippen LogP) is 2.67. The van der Waals surface area contributed by atoms with E-state index < -0.39 is 28.7 Å². The van der Waals surface area contributed by atoms with Crippen molar-refractivity contribution in [3.8, 4) is 0 Å². The molecule has 0 bridgehead atoms. The molecule has 1 aromatic heterocycles. The molecule has 0 radical (unpaired) electrons. The summed E-state index contributed by atoms with van der Waals surface area (Å²) in [6.45, 7) is 0. The summed E-state index contributed by atoms with van der Waals surface area (Å²) in [5.41, 5.74) is -1.69. The van der Waals surface area contributed by atoms with Gasteiger partial charge in [-0.3, -0.25) is 10.1 Å². The molecule has 0 aliphatic heterocycles. The molecule has 0 spiro atoms. The van der Waals surface area contributed by atoms with Crippen LogP contribution in [0.1, 0.15) is 12.1 Å². The van der Waals surface area contributed by atoms with Gasteiger partial charge in [-0.2, -0.15) is 4.39 Å². The van der Waals surface area contributed by atoms with E-state index in [2.05, 4.69) is 4.98 Å². The summed E-state index contributed by atoms with van der Waals surface area (Å²) in [5, 5.41) is 10.2. The lowest BCUT2D eigenvalue weighted by Gasteiger charge is -2.01. The second kappa shape index (κ2) is 4.07. The van der Waals surface area contributed by atoms with Gasteiger partial charge in [-0.25, -0.2) is 13.8 Å². The maximum Gasteiger partial charge on any atom is 0.325 e. The van der Waals surface area contributed by atoms with E-state index >= 15 is 0 Å². The fourth-order valence-corrected chi connectivity index (χ4v) is 1.40. The van der Waals surface area contributed by atoms with Crippen LogP contribution >= 0.6 is 22.6 Å². The lowest BCUT2D eigenvalue weighted by molar-refractivity contribution is -0.388. The highest BCUT2D eigenvalue weighted by molar-refractivity contribution is 14.1. The molecule has 0 aliphatic rings. The summed E-state index contributed by atoms with van der Waals surface area (Å²) in [6.07, 6.45) is -2.95. The molecular weight excluding hydrogens is 316 g/mol. The van der Waals surface area contributed by atoms with Gasteiger partial charge in [0.2, 0.25) is 0 Å². The number of halogens is 4. The molecule has 0 saturated heterocycles. The summed E-state index contributed by atoms with van der Waals surface area (Å²) in [6, 6.07) is 0.727. The van der Waals surface area contributed by atoms with Gasteiger partial charge in [0.05, 0.1) is 4.92 Å². The second-order valence-electron chi connectivity index (χ2n) is 2.22. The second-order valence-corrected chi connectivity index (χ2v) is 3.39. The average molecular weight is 318 g/mol. The van der Waals surface area contributed by atoms with Crippen molar-refractivity contribution >= 4 is 28.3 Å². The van der Waals surface area contributed by atoms with Gasteiger partial charge >= 0.3 is 5.69 Å². The summed E-state index contributed by atoms with van der Waals surface area (Å²) in [7, 11) is 0. The van der Waals surface area contributed by atoms with Crippen LogP contribution < -0.4 is 0 Å². The average Bonchev–Trinajstić information content (AvgIpc) is 2.07. The molecule has 8 heteroatoms. The van der Waals surface area contributed by atoms with Gasteiger partial charge in [-0.05, 0) is 22.6 Å². The first-order valence-electron chi connectivity index (χ1n) is 3.22. The number of nitro groups is 1. The molecular formula is C6H2F3IN2O2. The minimum atomic E-state index is -2.95. The first kappa shape index (κ1) is 11.1. The Morgan fingerprint density at radius 1 is 1.57 bits per heavy atom. The number of alkyl halides is 2. The monoisotopic (exact) mass is 318 g/mol. The van der Waals surface area contributed by atoms with Crippen molar-refractivity contribution in [3.05, 3.63) is 31.4 Å². The van der Waals surface area contributed by atoms with E-state index in [0.717, 1.165) is 6.07 Å². The summed E-state index contributed by atoms with van der Waals surface area (Å²) in [5.74, 6) is -1.49. The van der Waals surface area contributed by atoms with Gasteiger partial charge < -0.3 is 0 Å². The van der Waals surface area contributed by atoms with Crippen molar-refractivity contribution < 1.29 is 18.1 Å². The molecule has 0 atom stereocenters. The highest BCUT2D eigenvalue weighted by atomic mass is 127. The largest absolute Gasteiger partial charge is 0.325 e. The third kappa shape index (κ3) is 2.11. The van der Waals surface area contributed by atoms with E-state index in [1.807, 2.05) is 0 Å². The lowest BCUT2D eigenvalue weighted by atomic mass is 10.3. The molecule has 14 heavy (non-hydrogen) atoms. The Labute approximate surface area is 89.4 Å². The highest BCUT2D eigenvalue weighted by Gasteiger charge is 2.22. The number of hydrogen-bond donors (Lipinski definition) is 0. The highest BCUT2D eigenvalue weighted by Crippen LogP contribution is 2.27. The van der Waals surface area contributed by atoms with E-state index in [0.29, 0.717) is 0 Å². The number of pyridine rings is 1. The number of rotatable bonds is 2. The summed E-state index contributed by atoms with van der Waals surface area (Å²) < 4.78 is 36.9. The van der Waals surface area contributed by atoms with Crippen molar-refractivity contribution in [2.24, 2.45) is 0 Å². The van der Waals surface area contributed by atoms with E-state index in [1.54, 1.807) is 0 Å². The van der Waals surface area contributed by atoms with E-state index in [9.17, 15) is 23.3 Å². The van der Waals surface area contributed by atoms with Crippen LogP contribution in [0.25, 0.3) is 0 Å². The van der Waals surface area contributed by atoms with Crippen LogP contribution in [0.2, 0.25) is 0 Å². The normalized spacial score (nSPS) is 10.6. The number of nitrogens with zero attached hydrogens (tertiary/aromatic N) is 2. The van der Waals surface area contributed by atoms with Gasteiger partial charge in [-0.15, -0.1) is 0 Å². The summed E-state index contributed by atoms with van der Waals surface area (Å²) in [4.78, 5) is 12.0. The minimum Gasteiger partial charge on any atom is -0.258 e. The fourth-order valence-electron chi connectivity index (χ4n) is 0.751. The summed E-state index contributed by atoms with van der Waals surface area (Å²) >= 11 is 1.44. The smallest absolute Gasteiger partial charge is 0.258 e. The van der Waals surface area contributed by atoms with Gasteiger partial charge in [0.25, 0.3) is 12.4 Å². The zero-order valence-corrected chi connectivity index (χ0v) is 8.53. The zero-order valence-electron chi connectivity index (χ0n) is 6.38. The molecule has 1 rings (SSSR count). The van der Waals surface area contributed by atoms with Crippen LogP contribution in [0.15, 0.2) is 6.07 Å². The van der Waals surface area contributed by atoms with E-state index in [-0.39, 0.29) is 3.57 Å². The molecule has 0 saturated carbocycles. The van der Waals surface area contributed by atoms with Crippen molar-refractivity contribution in [2.45, 2.75) is 6.43 Å². The molecule has 4 nitrogen and oxygen atoms in total. The van der Waals surface area contributed by atoms with E-state index in [4.69, 9.17) is 0 Å². The Hall–Kier alpha value is -0.930. The van der Waals surface area contributed by atoms with Crippen LogP contribution in [0, 0.1) is 19.6 Å². The first-order chi connectivity index (χ1) is 6.43. The van der Waals surface area contributed by atoms with E-state index in [1.165, 1.54) is 22.6 Å². The van der Waals surface area contributed by atoms with Gasteiger partial charge in [-0.1, -0.05) is 0 Å². The molecule has 76 valence electrons. The van der Waals surface area contributed by atoms with Gasteiger partial charge in [0.1, 0.15) is 5.69 Å². The third-order valence-electron chi connectivity index (χ3n) is 1.34. The molecule has 0 N–H and O–H groups in total. The van der Waals surface area contributed by atoms with Gasteiger partial charge in [0, 0.05) is 9.64 Å². The molecule has 0 unspecified atom stereocenters. The van der Waals surface area contributed by atoms with Crippen LogP contribution in [0.3, 0.4) is 0 Å².